The van der Waals surface area contributed by atoms with E-state index in [0.29, 0.717) is 45.1 Å². The molecule has 190 valence electrons. The summed E-state index contributed by atoms with van der Waals surface area (Å²) in [4.78, 5) is 33.7. The Hall–Kier alpha value is -2.72. The minimum absolute atomic E-state index is 0.00487. The number of morpholine rings is 1. The standard InChI is InChI=1S/C27H31BrN4O3S/c28-23-8-10-24(11-9-23)29-27(34)31(13-12-30-14-16-35-17-15-30)21-26(33)32(20-25-7-4-18-36-25)19-22-5-2-1-3-6-22/h1-11,18H,12-17,19-21H2,(H,29,34). The number of nitrogens with one attached hydrogen (secondary N) is 1. The quantitative estimate of drug-likeness (QED) is 0.376. The minimum atomic E-state index is -0.283. The summed E-state index contributed by atoms with van der Waals surface area (Å²) < 4.78 is 6.38. The Labute approximate surface area is 224 Å². The molecule has 4 rings (SSSR count). The maximum Gasteiger partial charge on any atom is 0.322 e. The first-order valence-corrected chi connectivity index (χ1v) is 13.7. The molecule has 0 aliphatic carbocycles. The highest BCUT2D eigenvalue weighted by Crippen LogP contribution is 2.17. The van der Waals surface area contributed by atoms with Gasteiger partial charge in [0.05, 0.1) is 19.8 Å². The van der Waals surface area contributed by atoms with Gasteiger partial charge in [0.1, 0.15) is 6.54 Å². The highest BCUT2D eigenvalue weighted by Gasteiger charge is 2.23. The van der Waals surface area contributed by atoms with E-state index in [1.54, 1.807) is 16.2 Å². The molecule has 3 aromatic rings. The molecule has 0 spiro atoms. The zero-order valence-electron chi connectivity index (χ0n) is 20.1. The molecule has 0 bridgehead atoms. The van der Waals surface area contributed by atoms with E-state index in [4.69, 9.17) is 4.74 Å². The molecule has 36 heavy (non-hydrogen) atoms. The van der Waals surface area contributed by atoms with Crippen molar-refractivity contribution in [3.63, 3.8) is 0 Å². The molecule has 1 aliphatic heterocycles. The number of benzene rings is 2. The third-order valence-electron chi connectivity index (χ3n) is 5.99. The Morgan fingerprint density at radius 2 is 1.69 bits per heavy atom. The Morgan fingerprint density at radius 3 is 2.39 bits per heavy atom. The van der Waals surface area contributed by atoms with Crippen molar-refractivity contribution in [3.05, 3.63) is 87.0 Å². The lowest BCUT2D eigenvalue weighted by Crippen LogP contribution is -2.48. The van der Waals surface area contributed by atoms with E-state index in [0.717, 1.165) is 28.0 Å². The van der Waals surface area contributed by atoms with E-state index in [2.05, 4.69) is 26.1 Å². The minimum Gasteiger partial charge on any atom is -0.379 e. The molecule has 1 fully saturated rings. The van der Waals surface area contributed by atoms with E-state index in [9.17, 15) is 9.59 Å². The predicted molar refractivity (Wildman–Crippen MR) is 147 cm³/mol. The number of nitrogens with zero attached hydrogens (tertiary/aromatic N) is 3. The third-order valence-corrected chi connectivity index (χ3v) is 7.38. The van der Waals surface area contributed by atoms with Crippen LogP contribution in [0.4, 0.5) is 10.5 Å². The van der Waals surface area contributed by atoms with Gasteiger partial charge < -0.3 is 19.9 Å². The summed E-state index contributed by atoms with van der Waals surface area (Å²) in [6.45, 7) is 5.18. The van der Waals surface area contributed by atoms with Crippen LogP contribution in [0.25, 0.3) is 0 Å². The first kappa shape index (κ1) is 26.3. The normalized spacial score (nSPS) is 13.8. The first-order valence-electron chi connectivity index (χ1n) is 12.0. The van der Waals surface area contributed by atoms with E-state index in [1.807, 2.05) is 77.0 Å². The van der Waals surface area contributed by atoms with Crippen LogP contribution in [0.15, 0.2) is 76.6 Å². The third kappa shape index (κ3) is 8.16. The number of rotatable bonds is 10. The van der Waals surface area contributed by atoms with Crippen molar-refractivity contribution in [1.82, 2.24) is 14.7 Å². The second-order valence-corrected chi connectivity index (χ2v) is 10.6. The molecule has 2 heterocycles. The molecule has 0 unspecified atom stereocenters. The van der Waals surface area contributed by atoms with Crippen molar-refractivity contribution in [3.8, 4) is 0 Å². The van der Waals surface area contributed by atoms with Gasteiger partial charge in [0.25, 0.3) is 0 Å². The van der Waals surface area contributed by atoms with Crippen LogP contribution in [0.3, 0.4) is 0 Å². The largest absolute Gasteiger partial charge is 0.379 e. The second-order valence-electron chi connectivity index (χ2n) is 8.63. The van der Waals surface area contributed by atoms with Crippen LogP contribution in [0.2, 0.25) is 0 Å². The molecule has 9 heteroatoms. The fourth-order valence-electron chi connectivity index (χ4n) is 3.97. The van der Waals surface area contributed by atoms with Gasteiger partial charge >= 0.3 is 6.03 Å². The van der Waals surface area contributed by atoms with Gasteiger partial charge in [-0.1, -0.05) is 52.3 Å². The number of carbonyl (C=O) groups excluding carboxylic acids is 2. The highest BCUT2D eigenvalue weighted by atomic mass is 79.9. The van der Waals surface area contributed by atoms with Crippen LogP contribution < -0.4 is 5.32 Å². The smallest absolute Gasteiger partial charge is 0.322 e. The number of urea groups is 1. The fraction of sp³-hybridized carbons (Fsp3) is 0.333. The Bertz CT molecular complexity index is 1090. The van der Waals surface area contributed by atoms with Crippen molar-refractivity contribution in [2.24, 2.45) is 0 Å². The first-order chi connectivity index (χ1) is 17.6. The average molecular weight is 572 g/mol. The lowest BCUT2D eigenvalue weighted by atomic mass is 10.2. The predicted octanol–water partition coefficient (Wildman–Crippen LogP) is 4.91. The Morgan fingerprint density at radius 1 is 0.944 bits per heavy atom. The molecule has 1 saturated heterocycles. The monoisotopic (exact) mass is 570 g/mol. The van der Waals surface area contributed by atoms with Crippen LogP contribution in [0, 0.1) is 0 Å². The number of ether oxygens (including phenoxy) is 1. The van der Waals surface area contributed by atoms with Crippen molar-refractivity contribution in [2.75, 3.05) is 51.3 Å². The van der Waals surface area contributed by atoms with E-state index in [1.165, 1.54) is 0 Å². The zero-order chi connectivity index (χ0) is 25.2. The van der Waals surface area contributed by atoms with Crippen molar-refractivity contribution in [2.45, 2.75) is 13.1 Å². The summed E-state index contributed by atoms with van der Waals surface area (Å²) in [5.74, 6) is -0.0832. The summed E-state index contributed by atoms with van der Waals surface area (Å²) in [6, 6.07) is 21.1. The van der Waals surface area contributed by atoms with Gasteiger partial charge in [0.15, 0.2) is 0 Å². The molecule has 3 amide bonds. The molecule has 0 atom stereocenters. The molecule has 1 aromatic heterocycles. The van der Waals surface area contributed by atoms with Gasteiger partial charge in [0, 0.05) is 47.8 Å². The van der Waals surface area contributed by atoms with E-state index in [-0.39, 0.29) is 18.5 Å². The Kier molecular flexibility index (Phi) is 9.92. The highest BCUT2D eigenvalue weighted by molar-refractivity contribution is 9.10. The number of amides is 3. The van der Waals surface area contributed by atoms with Crippen molar-refractivity contribution >= 4 is 44.9 Å². The van der Waals surface area contributed by atoms with Crippen molar-refractivity contribution < 1.29 is 14.3 Å². The van der Waals surface area contributed by atoms with Crippen LogP contribution in [-0.2, 0) is 22.6 Å². The molecule has 0 saturated carbocycles. The summed E-state index contributed by atoms with van der Waals surface area (Å²) in [5, 5.41) is 4.97. The topological polar surface area (TPSA) is 65.1 Å². The Balaban J connectivity index is 1.47. The zero-order valence-corrected chi connectivity index (χ0v) is 22.5. The van der Waals surface area contributed by atoms with Gasteiger partial charge in [-0.15, -0.1) is 11.3 Å². The molecule has 1 N–H and O–H groups in total. The van der Waals surface area contributed by atoms with Crippen LogP contribution in [0.5, 0.6) is 0 Å². The molecule has 0 radical (unpaired) electrons. The lowest BCUT2D eigenvalue weighted by molar-refractivity contribution is -0.133. The maximum atomic E-state index is 13.6. The maximum absolute atomic E-state index is 13.6. The lowest BCUT2D eigenvalue weighted by Gasteiger charge is -2.31. The van der Waals surface area contributed by atoms with Gasteiger partial charge in [0.2, 0.25) is 5.91 Å². The van der Waals surface area contributed by atoms with E-state index >= 15 is 0 Å². The van der Waals surface area contributed by atoms with Crippen LogP contribution in [0.1, 0.15) is 10.4 Å². The summed E-state index contributed by atoms with van der Waals surface area (Å²) in [6.07, 6.45) is 0. The molecular formula is C27H31BrN4O3S. The number of carbonyl (C=O) groups is 2. The van der Waals surface area contributed by atoms with Gasteiger partial charge in [-0.3, -0.25) is 9.69 Å². The molecular weight excluding hydrogens is 540 g/mol. The number of hydrogen-bond donors (Lipinski definition) is 1. The second kappa shape index (κ2) is 13.5. The summed E-state index contributed by atoms with van der Waals surface area (Å²) in [5.41, 5.74) is 1.74. The number of thiophene rings is 1. The number of hydrogen-bond acceptors (Lipinski definition) is 5. The summed E-state index contributed by atoms with van der Waals surface area (Å²) >= 11 is 5.05. The van der Waals surface area contributed by atoms with Gasteiger partial charge in [-0.25, -0.2) is 4.79 Å². The fourth-order valence-corrected chi connectivity index (χ4v) is 4.95. The summed E-state index contributed by atoms with van der Waals surface area (Å²) in [7, 11) is 0. The van der Waals surface area contributed by atoms with Crippen molar-refractivity contribution in [1.29, 1.82) is 0 Å². The van der Waals surface area contributed by atoms with E-state index < -0.39 is 0 Å². The number of anilines is 1. The van der Waals surface area contributed by atoms with Gasteiger partial charge in [-0.05, 0) is 41.3 Å². The SMILES string of the molecule is O=C(CN(CCN1CCOCC1)C(=O)Nc1ccc(Br)cc1)N(Cc1ccccc1)Cc1cccs1. The molecule has 7 nitrogen and oxygen atoms in total. The van der Waals surface area contributed by atoms with Gasteiger partial charge in [-0.2, -0.15) is 0 Å². The van der Waals surface area contributed by atoms with Crippen LogP contribution in [-0.4, -0.2) is 72.6 Å². The molecule has 1 aliphatic rings. The van der Waals surface area contributed by atoms with Crippen LogP contribution >= 0.6 is 27.3 Å². The number of halogens is 1. The average Bonchev–Trinajstić information content (AvgIpc) is 3.42. The molecule has 2 aromatic carbocycles.